The van der Waals surface area contributed by atoms with Crippen LogP contribution in [0.4, 0.5) is 13.2 Å². The molecule has 1 aromatic rings. The van der Waals surface area contributed by atoms with Crippen molar-refractivity contribution in [3.8, 4) is 5.75 Å². The van der Waals surface area contributed by atoms with Crippen molar-refractivity contribution < 1.29 is 32.6 Å². The third-order valence-corrected chi connectivity index (χ3v) is 5.48. The number of hydrogen-bond acceptors (Lipinski definition) is 5. The first-order valence-electron chi connectivity index (χ1n) is 9.35. The van der Waals surface area contributed by atoms with E-state index in [0.717, 1.165) is 0 Å². The van der Waals surface area contributed by atoms with Crippen molar-refractivity contribution in [2.75, 3.05) is 19.7 Å². The molecule has 1 saturated heterocycles. The second-order valence-corrected chi connectivity index (χ2v) is 7.42. The van der Waals surface area contributed by atoms with E-state index in [1.807, 2.05) is 0 Å². The fourth-order valence-corrected chi connectivity index (χ4v) is 3.73. The van der Waals surface area contributed by atoms with Gasteiger partial charge in [-0.05, 0) is 31.0 Å². The lowest BCUT2D eigenvalue weighted by molar-refractivity contribution is -0.274. The van der Waals surface area contributed by atoms with Gasteiger partial charge in [-0.25, -0.2) is 0 Å². The van der Waals surface area contributed by atoms with Crippen molar-refractivity contribution >= 4 is 17.5 Å². The number of likely N-dealkylation sites (tertiary alicyclic amines) is 1. The summed E-state index contributed by atoms with van der Waals surface area (Å²) in [6.45, 7) is 3.09. The van der Waals surface area contributed by atoms with Crippen LogP contribution in [0.1, 0.15) is 24.1 Å². The van der Waals surface area contributed by atoms with Gasteiger partial charge < -0.3 is 20.1 Å². The lowest BCUT2D eigenvalue weighted by atomic mass is 9.85. The van der Waals surface area contributed by atoms with E-state index in [9.17, 15) is 22.8 Å². The molecule has 3 rings (SSSR count). The highest BCUT2D eigenvalue weighted by Gasteiger charge is 2.60. The van der Waals surface area contributed by atoms with Crippen LogP contribution < -0.4 is 10.1 Å². The van der Waals surface area contributed by atoms with Crippen molar-refractivity contribution in [3.63, 3.8) is 0 Å². The molecule has 30 heavy (non-hydrogen) atoms. The number of aliphatic hydroxyl groups is 1. The standard InChI is InChI=1S/C20H22F3N3O4/c1-11-9-13(3-4-15(11)30-20(21,22)23)12(2)26-10-14(19(5-6-19)18(26)29)16(24)17(28)25-7-8-27/h3-6,9,12,14,24,27H,7-8,10H2,1-2H3,(H,25,28). The zero-order valence-corrected chi connectivity index (χ0v) is 16.4. The number of nitrogens with zero attached hydrogens (tertiary/aromatic N) is 1. The monoisotopic (exact) mass is 425 g/mol. The van der Waals surface area contributed by atoms with Gasteiger partial charge in [0.1, 0.15) is 11.5 Å². The zero-order chi connectivity index (χ0) is 22.3. The van der Waals surface area contributed by atoms with Crippen LogP contribution in [0, 0.1) is 23.7 Å². The molecular formula is C20H22F3N3O4. The highest BCUT2D eigenvalue weighted by Crippen LogP contribution is 2.51. The van der Waals surface area contributed by atoms with E-state index < -0.39 is 29.6 Å². The van der Waals surface area contributed by atoms with E-state index in [1.165, 1.54) is 30.0 Å². The number of hydrogen-bond donors (Lipinski definition) is 3. The first kappa shape index (κ1) is 21.8. The van der Waals surface area contributed by atoms with Gasteiger partial charge in [-0.15, -0.1) is 13.2 Å². The Hall–Kier alpha value is -2.88. The summed E-state index contributed by atoms with van der Waals surface area (Å²) in [5.41, 5.74) is -0.365. The van der Waals surface area contributed by atoms with E-state index in [4.69, 9.17) is 10.5 Å². The lowest BCUT2D eigenvalue weighted by Gasteiger charge is -2.26. The second-order valence-electron chi connectivity index (χ2n) is 7.42. The molecule has 0 bridgehead atoms. The fraction of sp³-hybridized carbons (Fsp3) is 0.450. The quantitative estimate of drug-likeness (QED) is 0.460. The van der Waals surface area contributed by atoms with E-state index in [2.05, 4.69) is 10.1 Å². The molecule has 0 aromatic heterocycles. The van der Waals surface area contributed by atoms with E-state index in [-0.39, 0.29) is 42.6 Å². The van der Waals surface area contributed by atoms with Gasteiger partial charge in [0.25, 0.3) is 5.91 Å². The Labute approximate surface area is 171 Å². The summed E-state index contributed by atoms with van der Waals surface area (Å²) in [5, 5.41) is 19.5. The van der Waals surface area contributed by atoms with Gasteiger partial charge in [0.15, 0.2) is 0 Å². The lowest BCUT2D eigenvalue weighted by Crippen LogP contribution is -2.40. The topological polar surface area (TPSA) is 103 Å². The maximum absolute atomic E-state index is 13.0. The van der Waals surface area contributed by atoms with Crippen molar-refractivity contribution in [3.05, 3.63) is 41.5 Å². The van der Waals surface area contributed by atoms with E-state index in [0.29, 0.717) is 5.56 Å². The molecule has 2 atom stereocenters. The Kier molecular flexibility index (Phi) is 5.64. The van der Waals surface area contributed by atoms with Crippen LogP contribution in [0.5, 0.6) is 5.75 Å². The summed E-state index contributed by atoms with van der Waals surface area (Å²) in [6, 6.07) is 3.72. The van der Waals surface area contributed by atoms with Crippen LogP contribution in [0.15, 0.2) is 30.4 Å². The molecule has 3 N–H and O–H groups in total. The molecule has 1 aliphatic carbocycles. The predicted molar refractivity (Wildman–Crippen MR) is 101 cm³/mol. The minimum atomic E-state index is -4.79. The number of halogens is 3. The maximum atomic E-state index is 13.0. The number of aliphatic hydroxyl groups excluding tert-OH is 1. The molecule has 2 unspecified atom stereocenters. The summed E-state index contributed by atoms with van der Waals surface area (Å²) in [5.74, 6) is -1.88. The second kappa shape index (κ2) is 7.75. The van der Waals surface area contributed by atoms with E-state index in [1.54, 1.807) is 19.1 Å². The van der Waals surface area contributed by atoms with Gasteiger partial charge >= 0.3 is 6.36 Å². The Morgan fingerprint density at radius 2 is 2.10 bits per heavy atom. The van der Waals surface area contributed by atoms with Crippen molar-refractivity contribution in [1.29, 1.82) is 5.41 Å². The minimum Gasteiger partial charge on any atom is -0.406 e. The van der Waals surface area contributed by atoms with Crippen LogP contribution >= 0.6 is 0 Å². The molecule has 10 heteroatoms. The van der Waals surface area contributed by atoms with Gasteiger partial charge in [0, 0.05) is 19.0 Å². The van der Waals surface area contributed by atoms with E-state index >= 15 is 0 Å². The molecule has 1 fully saturated rings. The SMILES string of the molecule is Cc1cc(C(C)N2CC(C(=N)C(=O)NCCO)C3(C=C3)C2=O)ccc1OC(F)(F)F. The Balaban J connectivity index is 1.78. The molecule has 7 nitrogen and oxygen atoms in total. The molecule has 2 amide bonds. The molecule has 162 valence electrons. The van der Waals surface area contributed by atoms with Crippen molar-refractivity contribution in [2.45, 2.75) is 26.3 Å². The molecule has 1 heterocycles. The zero-order valence-electron chi connectivity index (χ0n) is 16.4. The number of nitrogens with one attached hydrogen (secondary N) is 2. The first-order valence-corrected chi connectivity index (χ1v) is 9.35. The average Bonchev–Trinajstić information content (AvgIpc) is 3.42. The number of carbonyl (C=O) groups is 2. The summed E-state index contributed by atoms with van der Waals surface area (Å²) in [6.07, 6.45) is -1.48. The molecule has 1 aliphatic heterocycles. The molecular weight excluding hydrogens is 403 g/mol. The molecule has 0 saturated carbocycles. The van der Waals surface area contributed by atoms with Crippen LogP contribution in [0.3, 0.4) is 0 Å². The van der Waals surface area contributed by atoms with Crippen LogP contribution in [0.25, 0.3) is 0 Å². The predicted octanol–water partition coefficient (Wildman–Crippen LogP) is 2.10. The number of benzene rings is 1. The van der Waals surface area contributed by atoms with Gasteiger partial charge in [-0.1, -0.05) is 24.3 Å². The number of amides is 2. The average molecular weight is 425 g/mol. The maximum Gasteiger partial charge on any atom is 0.573 e. The molecule has 1 aromatic carbocycles. The highest BCUT2D eigenvalue weighted by atomic mass is 19.4. The van der Waals surface area contributed by atoms with Gasteiger partial charge in [-0.2, -0.15) is 0 Å². The van der Waals surface area contributed by atoms with Gasteiger partial charge in [-0.3, -0.25) is 15.0 Å². The summed E-state index contributed by atoms with van der Waals surface area (Å²) in [4.78, 5) is 26.7. The van der Waals surface area contributed by atoms with Crippen LogP contribution in [-0.4, -0.2) is 53.6 Å². The van der Waals surface area contributed by atoms with Gasteiger partial charge in [0.2, 0.25) is 5.91 Å². The van der Waals surface area contributed by atoms with Crippen LogP contribution in [-0.2, 0) is 9.59 Å². The summed E-state index contributed by atoms with van der Waals surface area (Å²) in [7, 11) is 0. The molecule has 2 aliphatic rings. The number of alkyl halides is 3. The number of ether oxygens (including phenoxy) is 1. The number of carbonyl (C=O) groups excluding carboxylic acids is 2. The third-order valence-electron chi connectivity index (χ3n) is 5.48. The van der Waals surface area contributed by atoms with Crippen LogP contribution in [0.2, 0.25) is 0 Å². The smallest absolute Gasteiger partial charge is 0.406 e. The first-order chi connectivity index (χ1) is 14.0. The summed E-state index contributed by atoms with van der Waals surface area (Å²) >= 11 is 0. The molecule has 1 spiro atoms. The normalized spacial score (nSPS) is 20.4. The summed E-state index contributed by atoms with van der Waals surface area (Å²) < 4.78 is 41.4. The third kappa shape index (κ3) is 4.04. The van der Waals surface area contributed by atoms with Gasteiger partial charge in [0.05, 0.1) is 18.1 Å². The van der Waals surface area contributed by atoms with Crippen molar-refractivity contribution in [2.24, 2.45) is 11.3 Å². The minimum absolute atomic E-state index is 0.00798. The Bertz CT molecular complexity index is 907. The largest absolute Gasteiger partial charge is 0.573 e. The highest BCUT2D eigenvalue weighted by molar-refractivity contribution is 6.39. The fourth-order valence-electron chi connectivity index (χ4n) is 3.73. The molecule has 0 radical (unpaired) electrons. The Morgan fingerprint density at radius 1 is 1.43 bits per heavy atom. The number of aryl methyl sites for hydroxylation is 1. The Morgan fingerprint density at radius 3 is 2.63 bits per heavy atom. The van der Waals surface area contributed by atoms with Crippen molar-refractivity contribution in [1.82, 2.24) is 10.2 Å². The number of rotatable bonds is 7.